The first-order valence-electron chi connectivity index (χ1n) is 5.54. The molecule has 0 radical (unpaired) electrons. The molecule has 0 unspecified atom stereocenters. The van der Waals surface area contributed by atoms with E-state index in [0.29, 0.717) is 0 Å². The van der Waals surface area contributed by atoms with Crippen LogP contribution in [0.4, 0.5) is 10.2 Å². The minimum atomic E-state index is -1.26. The number of nitrogens with zero attached hydrogens (tertiary/aromatic N) is 1. The van der Waals surface area contributed by atoms with Crippen molar-refractivity contribution in [3.05, 3.63) is 57.5 Å². The van der Waals surface area contributed by atoms with Crippen molar-refractivity contribution in [2.24, 2.45) is 0 Å². The topological polar surface area (TPSA) is 79.3 Å². The summed E-state index contributed by atoms with van der Waals surface area (Å²) in [5.41, 5.74) is -0.378. The highest BCUT2D eigenvalue weighted by molar-refractivity contribution is 6.37. The Morgan fingerprint density at radius 3 is 2.57 bits per heavy atom. The number of aromatic carboxylic acids is 1. The average molecular weight is 329 g/mol. The van der Waals surface area contributed by atoms with Gasteiger partial charge < -0.3 is 10.4 Å². The van der Waals surface area contributed by atoms with Gasteiger partial charge in [-0.2, -0.15) is 0 Å². The fourth-order valence-electron chi connectivity index (χ4n) is 1.55. The predicted octanol–water partition coefficient (Wildman–Crippen LogP) is 3.48. The molecule has 8 heteroatoms. The molecule has 0 aliphatic rings. The summed E-state index contributed by atoms with van der Waals surface area (Å²) in [6.07, 6.45) is 1.31. The monoisotopic (exact) mass is 328 g/mol. The van der Waals surface area contributed by atoms with Crippen LogP contribution >= 0.6 is 23.2 Å². The average Bonchev–Trinajstić information content (AvgIpc) is 2.43. The number of carbonyl (C=O) groups excluding carboxylic acids is 1. The smallest absolute Gasteiger partial charge is 0.339 e. The Bertz CT molecular complexity index is 737. The minimum absolute atomic E-state index is 0.0632. The molecule has 0 aliphatic carbocycles. The van der Waals surface area contributed by atoms with Gasteiger partial charge in [-0.1, -0.05) is 23.2 Å². The number of amides is 1. The molecule has 1 aromatic carbocycles. The molecule has 2 aromatic rings. The first kappa shape index (κ1) is 15.2. The number of carboxylic acids is 1. The molecule has 0 saturated carbocycles. The summed E-state index contributed by atoms with van der Waals surface area (Å²) in [7, 11) is 0. The zero-order chi connectivity index (χ0) is 15.6. The van der Waals surface area contributed by atoms with E-state index in [2.05, 4.69) is 10.3 Å². The van der Waals surface area contributed by atoms with Crippen LogP contribution in [0.1, 0.15) is 20.7 Å². The van der Waals surface area contributed by atoms with Crippen molar-refractivity contribution in [1.82, 2.24) is 4.98 Å². The van der Waals surface area contributed by atoms with Crippen molar-refractivity contribution in [2.45, 2.75) is 0 Å². The number of rotatable bonds is 3. The molecule has 2 N–H and O–H groups in total. The van der Waals surface area contributed by atoms with Crippen molar-refractivity contribution in [3.63, 3.8) is 0 Å². The quantitative estimate of drug-likeness (QED) is 0.845. The fraction of sp³-hybridized carbons (Fsp3) is 0. The molecule has 1 amide bonds. The number of carbonyl (C=O) groups is 2. The largest absolute Gasteiger partial charge is 0.478 e. The number of hydrogen-bond acceptors (Lipinski definition) is 3. The van der Waals surface area contributed by atoms with Crippen LogP contribution in [0.2, 0.25) is 10.0 Å². The Morgan fingerprint density at radius 1 is 1.19 bits per heavy atom. The summed E-state index contributed by atoms with van der Waals surface area (Å²) < 4.78 is 13.4. The zero-order valence-corrected chi connectivity index (χ0v) is 11.7. The number of hydrogen-bond donors (Lipinski definition) is 2. The van der Waals surface area contributed by atoms with Gasteiger partial charge in [0.25, 0.3) is 5.91 Å². The van der Waals surface area contributed by atoms with Crippen molar-refractivity contribution in [2.75, 3.05) is 5.32 Å². The number of carboxylic acid groups (broad SMARTS) is 1. The molecule has 5 nitrogen and oxygen atoms in total. The minimum Gasteiger partial charge on any atom is -0.478 e. The summed E-state index contributed by atoms with van der Waals surface area (Å²) in [6, 6.07) is 4.64. The lowest BCUT2D eigenvalue weighted by atomic mass is 10.2. The molecular weight excluding hydrogens is 322 g/mol. The highest BCUT2D eigenvalue weighted by Crippen LogP contribution is 2.25. The number of anilines is 1. The standard InChI is InChI=1S/C13H7Cl2FN2O3/c14-8-5-9(15)10(16)4-7(8)12(19)18-11-6(13(20)21)2-1-3-17-11/h1-5H,(H,20,21)(H,17,18,19). The van der Waals surface area contributed by atoms with Crippen LogP contribution < -0.4 is 5.32 Å². The van der Waals surface area contributed by atoms with E-state index in [1.54, 1.807) is 0 Å². The van der Waals surface area contributed by atoms with E-state index < -0.39 is 17.7 Å². The van der Waals surface area contributed by atoms with E-state index >= 15 is 0 Å². The Hall–Kier alpha value is -2.18. The van der Waals surface area contributed by atoms with Gasteiger partial charge in [-0.3, -0.25) is 4.79 Å². The zero-order valence-electron chi connectivity index (χ0n) is 10.2. The van der Waals surface area contributed by atoms with Crippen LogP contribution in [-0.4, -0.2) is 22.0 Å². The molecule has 21 heavy (non-hydrogen) atoms. The number of nitrogens with one attached hydrogen (secondary N) is 1. The van der Waals surface area contributed by atoms with Crippen LogP contribution in [0.3, 0.4) is 0 Å². The fourth-order valence-corrected chi connectivity index (χ4v) is 2.02. The van der Waals surface area contributed by atoms with E-state index in [0.717, 1.165) is 12.1 Å². The van der Waals surface area contributed by atoms with Gasteiger partial charge >= 0.3 is 5.97 Å². The summed E-state index contributed by atoms with van der Waals surface area (Å²) in [5.74, 6) is -3.03. The number of aromatic nitrogens is 1. The second kappa shape index (κ2) is 6.07. The SMILES string of the molecule is O=C(Nc1ncccc1C(=O)O)c1cc(F)c(Cl)cc1Cl. The third-order valence-corrected chi connectivity index (χ3v) is 3.13. The molecule has 0 spiro atoms. The van der Waals surface area contributed by atoms with Crippen LogP contribution in [0.5, 0.6) is 0 Å². The van der Waals surface area contributed by atoms with Gasteiger partial charge in [0, 0.05) is 6.20 Å². The third kappa shape index (κ3) is 3.29. The molecular formula is C13H7Cl2FN2O3. The van der Waals surface area contributed by atoms with Gasteiger partial charge in [0.1, 0.15) is 17.2 Å². The number of halogens is 3. The molecule has 108 valence electrons. The van der Waals surface area contributed by atoms with E-state index in [1.807, 2.05) is 0 Å². The maximum absolute atomic E-state index is 13.4. The molecule has 0 aliphatic heterocycles. The van der Waals surface area contributed by atoms with Crippen LogP contribution in [-0.2, 0) is 0 Å². The third-order valence-electron chi connectivity index (χ3n) is 2.52. The van der Waals surface area contributed by atoms with E-state index in [9.17, 15) is 14.0 Å². The normalized spacial score (nSPS) is 10.2. The van der Waals surface area contributed by atoms with Gasteiger partial charge in [-0.25, -0.2) is 14.2 Å². The number of benzene rings is 1. The molecule has 0 saturated heterocycles. The second-order valence-corrected chi connectivity index (χ2v) is 4.72. The molecule has 2 rings (SSSR count). The maximum Gasteiger partial charge on any atom is 0.339 e. The van der Waals surface area contributed by atoms with E-state index in [-0.39, 0.29) is 27.0 Å². The van der Waals surface area contributed by atoms with Crippen LogP contribution in [0, 0.1) is 5.82 Å². The molecule has 0 bridgehead atoms. The number of pyridine rings is 1. The molecule has 0 atom stereocenters. The summed E-state index contributed by atoms with van der Waals surface area (Å²) >= 11 is 11.4. The molecule has 1 aromatic heterocycles. The van der Waals surface area contributed by atoms with Crippen molar-refractivity contribution in [3.8, 4) is 0 Å². The van der Waals surface area contributed by atoms with Gasteiger partial charge in [-0.15, -0.1) is 0 Å². The van der Waals surface area contributed by atoms with Crippen LogP contribution in [0.25, 0.3) is 0 Å². The van der Waals surface area contributed by atoms with Crippen molar-refractivity contribution in [1.29, 1.82) is 0 Å². The highest BCUT2D eigenvalue weighted by atomic mass is 35.5. The second-order valence-electron chi connectivity index (χ2n) is 3.91. The van der Waals surface area contributed by atoms with Crippen molar-refractivity contribution >= 4 is 40.9 Å². The van der Waals surface area contributed by atoms with Gasteiger partial charge in [0.2, 0.25) is 0 Å². The van der Waals surface area contributed by atoms with E-state index in [4.69, 9.17) is 28.3 Å². The summed E-state index contributed by atoms with van der Waals surface area (Å²) in [6.45, 7) is 0. The Morgan fingerprint density at radius 2 is 1.90 bits per heavy atom. The highest BCUT2D eigenvalue weighted by Gasteiger charge is 2.18. The molecule has 1 heterocycles. The lowest BCUT2D eigenvalue weighted by Crippen LogP contribution is -2.16. The maximum atomic E-state index is 13.4. The Labute approximate surface area is 128 Å². The van der Waals surface area contributed by atoms with Gasteiger partial charge in [0.15, 0.2) is 0 Å². The molecule has 0 fully saturated rings. The predicted molar refractivity (Wildman–Crippen MR) is 75.6 cm³/mol. The first-order valence-corrected chi connectivity index (χ1v) is 6.30. The Kier molecular flexibility index (Phi) is 4.40. The van der Waals surface area contributed by atoms with Crippen LogP contribution in [0.15, 0.2) is 30.5 Å². The van der Waals surface area contributed by atoms with Gasteiger partial charge in [-0.05, 0) is 24.3 Å². The summed E-state index contributed by atoms with van der Waals surface area (Å²) in [5, 5.41) is 11.0. The lowest BCUT2D eigenvalue weighted by Gasteiger charge is -2.09. The lowest BCUT2D eigenvalue weighted by molar-refractivity contribution is 0.0697. The van der Waals surface area contributed by atoms with Gasteiger partial charge in [0.05, 0.1) is 15.6 Å². The summed E-state index contributed by atoms with van der Waals surface area (Å²) in [4.78, 5) is 26.8. The van der Waals surface area contributed by atoms with E-state index in [1.165, 1.54) is 18.3 Å². The Balaban J connectivity index is 2.35. The first-order chi connectivity index (χ1) is 9.90. The van der Waals surface area contributed by atoms with Crippen molar-refractivity contribution < 1.29 is 19.1 Å².